The first kappa shape index (κ1) is 12.2. The van der Waals surface area contributed by atoms with E-state index in [9.17, 15) is 13.2 Å². The third-order valence-electron chi connectivity index (χ3n) is 2.79. The lowest BCUT2D eigenvalue weighted by atomic mass is 10.1. The molecule has 1 heterocycles. The molecule has 1 N–H and O–H groups in total. The van der Waals surface area contributed by atoms with Crippen molar-refractivity contribution < 1.29 is 17.9 Å². The lowest BCUT2D eigenvalue weighted by Gasteiger charge is -2.23. The minimum atomic E-state index is -1.18. The van der Waals surface area contributed by atoms with Gasteiger partial charge in [0, 0.05) is 25.3 Å². The smallest absolute Gasteiger partial charge is 0.182 e. The molecular weight excluding hydrogens is 231 g/mol. The second kappa shape index (κ2) is 5.40. The van der Waals surface area contributed by atoms with Crippen LogP contribution in [0.25, 0.3) is 0 Å². The average molecular weight is 245 g/mol. The van der Waals surface area contributed by atoms with Gasteiger partial charge in [-0.1, -0.05) is 0 Å². The average Bonchev–Trinajstić information content (AvgIpc) is 2.33. The number of ether oxygens (including phenoxy) is 1. The molecule has 1 aliphatic rings. The minimum Gasteiger partial charge on any atom is -0.380 e. The number of benzene rings is 1. The second-order valence-corrected chi connectivity index (χ2v) is 4.12. The molecule has 17 heavy (non-hydrogen) atoms. The lowest BCUT2D eigenvalue weighted by Crippen LogP contribution is -2.27. The molecule has 1 atom stereocenters. The van der Waals surface area contributed by atoms with Gasteiger partial charge in [-0.25, -0.2) is 13.2 Å². The van der Waals surface area contributed by atoms with Gasteiger partial charge in [0.1, 0.15) is 5.82 Å². The summed E-state index contributed by atoms with van der Waals surface area (Å²) < 4.78 is 44.5. The van der Waals surface area contributed by atoms with Gasteiger partial charge in [0.05, 0.1) is 11.8 Å². The highest BCUT2D eigenvalue weighted by Gasteiger charge is 2.16. The standard InChI is InChI=1S/C12H14F3NO/c13-8-5-10(14)12(15)11(6-8)16-7-9-3-1-2-4-17-9/h5-6,9,16H,1-4,7H2. The predicted molar refractivity (Wildman–Crippen MR) is 58.4 cm³/mol. The van der Waals surface area contributed by atoms with Crippen molar-refractivity contribution in [1.29, 1.82) is 0 Å². The van der Waals surface area contributed by atoms with Crippen LogP contribution in [-0.4, -0.2) is 19.3 Å². The van der Waals surface area contributed by atoms with Crippen LogP contribution < -0.4 is 5.32 Å². The van der Waals surface area contributed by atoms with E-state index in [1.165, 1.54) is 0 Å². The summed E-state index contributed by atoms with van der Waals surface area (Å²) in [5.41, 5.74) is -0.156. The van der Waals surface area contributed by atoms with Crippen molar-refractivity contribution in [3.63, 3.8) is 0 Å². The van der Waals surface area contributed by atoms with Crippen LogP contribution in [0.5, 0.6) is 0 Å². The fourth-order valence-electron chi connectivity index (χ4n) is 1.88. The highest BCUT2D eigenvalue weighted by Crippen LogP contribution is 2.20. The summed E-state index contributed by atoms with van der Waals surface area (Å²) in [5.74, 6) is -3.03. The topological polar surface area (TPSA) is 21.3 Å². The Kier molecular flexibility index (Phi) is 3.89. The van der Waals surface area contributed by atoms with Crippen LogP contribution in [-0.2, 0) is 4.74 Å². The fraction of sp³-hybridized carbons (Fsp3) is 0.500. The van der Waals surface area contributed by atoms with Crippen LogP contribution in [0.15, 0.2) is 12.1 Å². The molecule has 1 aliphatic heterocycles. The van der Waals surface area contributed by atoms with Gasteiger partial charge in [-0.15, -0.1) is 0 Å². The third-order valence-corrected chi connectivity index (χ3v) is 2.79. The van der Waals surface area contributed by atoms with E-state index in [0.717, 1.165) is 25.3 Å². The summed E-state index contributed by atoms with van der Waals surface area (Å²) in [4.78, 5) is 0. The molecule has 0 aromatic heterocycles. The molecule has 0 bridgehead atoms. The summed E-state index contributed by atoms with van der Waals surface area (Å²) in [5, 5.41) is 2.68. The second-order valence-electron chi connectivity index (χ2n) is 4.12. The molecule has 2 rings (SSSR count). The predicted octanol–water partition coefficient (Wildman–Crippen LogP) is 3.08. The number of hydrogen-bond acceptors (Lipinski definition) is 2. The molecular formula is C12H14F3NO. The summed E-state index contributed by atoms with van der Waals surface area (Å²) in [6, 6.07) is 1.47. The fourth-order valence-corrected chi connectivity index (χ4v) is 1.88. The van der Waals surface area contributed by atoms with E-state index in [-0.39, 0.29) is 11.8 Å². The van der Waals surface area contributed by atoms with E-state index in [0.29, 0.717) is 19.2 Å². The lowest BCUT2D eigenvalue weighted by molar-refractivity contribution is 0.0247. The molecule has 1 unspecified atom stereocenters. The van der Waals surface area contributed by atoms with Crippen molar-refractivity contribution in [2.75, 3.05) is 18.5 Å². The van der Waals surface area contributed by atoms with Crippen LogP contribution in [0.2, 0.25) is 0 Å². The van der Waals surface area contributed by atoms with E-state index in [1.807, 2.05) is 0 Å². The van der Waals surface area contributed by atoms with Gasteiger partial charge in [0.2, 0.25) is 0 Å². The highest BCUT2D eigenvalue weighted by molar-refractivity contribution is 5.45. The van der Waals surface area contributed by atoms with Crippen molar-refractivity contribution in [3.05, 3.63) is 29.6 Å². The molecule has 1 aromatic carbocycles. The molecule has 1 saturated heterocycles. The molecule has 0 aliphatic carbocycles. The number of hydrogen-bond donors (Lipinski definition) is 1. The van der Waals surface area contributed by atoms with E-state index >= 15 is 0 Å². The van der Waals surface area contributed by atoms with Gasteiger partial charge >= 0.3 is 0 Å². The zero-order chi connectivity index (χ0) is 12.3. The zero-order valence-corrected chi connectivity index (χ0v) is 9.31. The van der Waals surface area contributed by atoms with Crippen molar-refractivity contribution in [3.8, 4) is 0 Å². The molecule has 0 radical (unpaired) electrons. The monoisotopic (exact) mass is 245 g/mol. The Morgan fingerprint density at radius 3 is 2.76 bits per heavy atom. The Hall–Kier alpha value is -1.23. The van der Waals surface area contributed by atoms with Crippen molar-refractivity contribution >= 4 is 5.69 Å². The van der Waals surface area contributed by atoms with Crippen LogP contribution in [0.3, 0.4) is 0 Å². The minimum absolute atomic E-state index is 0.0190. The molecule has 0 spiro atoms. The summed E-state index contributed by atoms with van der Waals surface area (Å²) >= 11 is 0. The van der Waals surface area contributed by atoms with E-state index < -0.39 is 17.5 Å². The Labute approximate surface area is 97.8 Å². The highest BCUT2D eigenvalue weighted by atomic mass is 19.2. The Bertz CT molecular complexity index is 392. The maximum atomic E-state index is 13.3. The first-order chi connectivity index (χ1) is 8.16. The van der Waals surface area contributed by atoms with Crippen molar-refractivity contribution in [2.24, 2.45) is 0 Å². The quantitative estimate of drug-likeness (QED) is 0.826. The summed E-state index contributed by atoms with van der Waals surface area (Å²) in [6.45, 7) is 1.05. The molecule has 2 nitrogen and oxygen atoms in total. The number of anilines is 1. The van der Waals surface area contributed by atoms with Crippen LogP contribution in [0.1, 0.15) is 19.3 Å². The molecule has 1 aromatic rings. The van der Waals surface area contributed by atoms with Crippen LogP contribution in [0.4, 0.5) is 18.9 Å². The van der Waals surface area contributed by atoms with Gasteiger partial charge in [0.25, 0.3) is 0 Å². The number of rotatable bonds is 3. The van der Waals surface area contributed by atoms with Gasteiger partial charge in [-0.3, -0.25) is 0 Å². The third kappa shape index (κ3) is 3.12. The van der Waals surface area contributed by atoms with Gasteiger partial charge in [-0.05, 0) is 19.3 Å². The van der Waals surface area contributed by atoms with Crippen LogP contribution >= 0.6 is 0 Å². The van der Waals surface area contributed by atoms with Gasteiger partial charge in [-0.2, -0.15) is 0 Å². The maximum absolute atomic E-state index is 13.3. The first-order valence-electron chi connectivity index (χ1n) is 5.67. The van der Waals surface area contributed by atoms with E-state index in [2.05, 4.69) is 5.32 Å². The SMILES string of the molecule is Fc1cc(F)c(F)c(NCC2CCCCO2)c1. The maximum Gasteiger partial charge on any atom is 0.182 e. The van der Waals surface area contributed by atoms with E-state index in [1.54, 1.807) is 0 Å². The molecule has 0 saturated carbocycles. The zero-order valence-electron chi connectivity index (χ0n) is 9.31. The number of nitrogens with one attached hydrogen (secondary N) is 1. The van der Waals surface area contributed by atoms with Gasteiger partial charge in [0.15, 0.2) is 11.6 Å². The van der Waals surface area contributed by atoms with Crippen molar-refractivity contribution in [1.82, 2.24) is 0 Å². The molecule has 1 fully saturated rings. The first-order valence-corrected chi connectivity index (χ1v) is 5.67. The Morgan fingerprint density at radius 1 is 1.24 bits per heavy atom. The molecule has 5 heteroatoms. The summed E-state index contributed by atoms with van der Waals surface area (Å²) in [7, 11) is 0. The summed E-state index contributed by atoms with van der Waals surface area (Å²) in [6.07, 6.45) is 2.95. The Balaban J connectivity index is 1.98. The van der Waals surface area contributed by atoms with Crippen LogP contribution in [0, 0.1) is 17.5 Å². The van der Waals surface area contributed by atoms with Crippen molar-refractivity contribution in [2.45, 2.75) is 25.4 Å². The number of halogens is 3. The largest absolute Gasteiger partial charge is 0.380 e. The Morgan fingerprint density at radius 2 is 2.06 bits per heavy atom. The normalized spacial score (nSPS) is 20.3. The van der Waals surface area contributed by atoms with Gasteiger partial charge < -0.3 is 10.1 Å². The molecule has 94 valence electrons. The molecule has 0 amide bonds. The van der Waals surface area contributed by atoms with E-state index in [4.69, 9.17) is 4.74 Å².